The Labute approximate surface area is 209 Å². The molecule has 0 aliphatic heterocycles. The molecule has 0 spiro atoms. The van der Waals surface area contributed by atoms with E-state index in [1.807, 2.05) is 0 Å². The Kier molecular flexibility index (Phi) is 5.11. The van der Waals surface area contributed by atoms with Gasteiger partial charge in [0, 0.05) is 5.41 Å². The summed E-state index contributed by atoms with van der Waals surface area (Å²) in [6.45, 7) is 11.9. The van der Waals surface area contributed by atoms with Gasteiger partial charge in [-0.05, 0) is 85.3 Å². The van der Waals surface area contributed by atoms with E-state index < -0.39 is 0 Å². The molecule has 5 aromatic carbocycles. The second kappa shape index (κ2) is 8.09. The first-order valence-corrected chi connectivity index (χ1v) is 13.1. The Morgan fingerprint density at radius 2 is 1.20 bits per heavy atom. The summed E-state index contributed by atoms with van der Waals surface area (Å²) in [5.74, 6) is 0.636. The Morgan fingerprint density at radius 3 is 1.89 bits per heavy atom. The number of hydrogen-bond acceptors (Lipinski definition) is 0. The van der Waals surface area contributed by atoms with Crippen LogP contribution in [-0.4, -0.2) is 0 Å². The molecule has 0 unspecified atom stereocenters. The molecule has 0 radical (unpaired) electrons. The third-order valence-electron chi connectivity index (χ3n) is 8.45. The lowest BCUT2D eigenvalue weighted by atomic mass is 9.75. The standard InChI is InChI=1S/C35H34/c1-6-22(2)21-31-27(24-14-8-7-13-23(24)3)19-20-30-32-28-17-11-9-15-25(28)26-16-10-12-18-29(26)34(32)35(4,5)33(30)31/h7-20,22H,6,21H2,1-5H3/t22-/m1/s1. The Hall–Kier alpha value is -3.38. The molecule has 35 heavy (non-hydrogen) atoms. The van der Waals surface area contributed by atoms with Gasteiger partial charge >= 0.3 is 0 Å². The summed E-state index contributed by atoms with van der Waals surface area (Å²) in [6.07, 6.45) is 2.30. The Balaban J connectivity index is 1.76. The number of aryl methyl sites for hydroxylation is 1. The molecule has 1 aliphatic carbocycles. The maximum absolute atomic E-state index is 2.46. The van der Waals surface area contributed by atoms with Crippen LogP contribution in [0.25, 0.3) is 43.8 Å². The van der Waals surface area contributed by atoms with E-state index >= 15 is 0 Å². The van der Waals surface area contributed by atoms with Gasteiger partial charge in [-0.3, -0.25) is 0 Å². The van der Waals surface area contributed by atoms with E-state index in [0.29, 0.717) is 5.92 Å². The second-order valence-corrected chi connectivity index (χ2v) is 11.0. The molecule has 1 aliphatic rings. The minimum atomic E-state index is -0.0736. The van der Waals surface area contributed by atoms with Crippen LogP contribution in [0.1, 0.15) is 56.4 Å². The van der Waals surface area contributed by atoms with Gasteiger partial charge in [-0.1, -0.05) is 119 Å². The average Bonchev–Trinajstić information content (AvgIpc) is 3.12. The van der Waals surface area contributed by atoms with Crippen LogP contribution in [0.2, 0.25) is 0 Å². The van der Waals surface area contributed by atoms with E-state index in [1.165, 1.54) is 66.9 Å². The Morgan fingerprint density at radius 1 is 0.629 bits per heavy atom. The normalized spacial score (nSPS) is 14.8. The molecular weight excluding hydrogens is 420 g/mol. The third kappa shape index (κ3) is 3.19. The highest BCUT2D eigenvalue weighted by Gasteiger charge is 2.41. The van der Waals surface area contributed by atoms with Crippen molar-refractivity contribution in [1.82, 2.24) is 0 Å². The summed E-state index contributed by atoms with van der Waals surface area (Å²) in [4.78, 5) is 0. The average molecular weight is 455 g/mol. The van der Waals surface area contributed by atoms with Gasteiger partial charge < -0.3 is 0 Å². The van der Waals surface area contributed by atoms with E-state index in [1.54, 1.807) is 5.56 Å². The predicted octanol–water partition coefficient (Wildman–Crippen LogP) is 9.86. The van der Waals surface area contributed by atoms with E-state index in [0.717, 1.165) is 6.42 Å². The SMILES string of the molecule is CC[C@@H](C)Cc1c(-c2ccccc2C)ccc2c1C(C)(C)c1c-2c2ccccc2c2ccccc12. The molecule has 0 heterocycles. The number of hydrogen-bond donors (Lipinski definition) is 0. The summed E-state index contributed by atoms with van der Waals surface area (Å²) in [5.41, 5.74) is 11.5. The van der Waals surface area contributed by atoms with Gasteiger partial charge in [-0.2, -0.15) is 0 Å². The van der Waals surface area contributed by atoms with Crippen molar-refractivity contribution in [3.8, 4) is 22.3 Å². The van der Waals surface area contributed by atoms with Crippen molar-refractivity contribution in [2.45, 2.75) is 52.9 Å². The number of benzene rings is 5. The number of fused-ring (bicyclic) bond motifs is 8. The van der Waals surface area contributed by atoms with Gasteiger partial charge in [-0.15, -0.1) is 0 Å². The fraction of sp³-hybridized carbons (Fsp3) is 0.257. The summed E-state index contributed by atoms with van der Waals surface area (Å²) < 4.78 is 0. The Bertz CT molecular complexity index is 1600. The highest BCUT2D eigenvalue weighted by Crippen LogP contribution is 2.57. The van der Waals surface area contributed by atoms with Crippen LogP contribution in [0.3, 0.4) is 0 Å². The van der Waals surface area contributed by atoms with Crippen LogP contribution >= 0.6 is 0 Å². The summed E-state index contributed by atoms with van der Waals surface area (Å²) in [7, 11) is 0. The minimum absolute atomic E-state index is 0.0736. The topological polar surface area (TPSA) is 0 Å². The van der Waals surface area contributed by atoms with Crippen LogP contribution < -0.4 is 0 Å². The maximum Gasteiger partial charge on any atom is 0.0168 e. The number of rotatable bonds is 4. The highest BCUT2D eigenvalue weighted by molar-refractivity contribution is 6.18. The molecule has 1 atom stereocenters. The third-order valence-corrected chi connectivity index (χ3v) is 8.45. The smallest absolute Gasteiger partial charge is 0.0168 e. The lowest BCUT2D eigenvalue weighted by Gasteiger charge is -2.28. The lowest BCUT2D eigenvalue weighted by Crippen LogP contribution is -2.19. The largest absolute Gasteiger partial charge is 0.0651 e. The molecule has 0 bridgehead atoms. The monoisotopic (exact) mass is 454 g/mol. The molecule has 0 nitrogen and oxygen atoms in total. The molecule has 0 fully saturated rings. The summed E-state index contributed by atoms with van der Waals surface area (Å²) in [6, 6.07) is 31.7. The minimum Gasteiger partial charge on any atom is -0.0651 e. The molecule has 0 saturated heterocycles. The van der Waals surface area contributed by atoms with Gasteiger partial charge in [0.05, 0.1) is 0 Å². The van der Waals surface area contributed by atoms with Crippen molar-refractivity contribution in [2.75, 3.05) is 0 Å². The zero-order valence-corrected chi connectivity index (χ0v) is 21.6. The molecule has 0 N–H and O–H groups in total. The fourth-order valence-corrected chi connectivity index (χ4v) is 6.60. The van der Waals surface area contributed by atoms with Crippen LogP contribution in [0.4, 0.5) is 0 Å². The van der Waals surface area contributed by atoms with Gasteiger partial charge in [0.25, 0.3) is 0 Å². The van der Waals surface area contributed by atoms with Crippen molar-refractivity contribution in [3.05, 3.63) is 107 Å². The zero-order valence-electron chi connectivity index (χ0n) is 21.6. The second-order valence-electron chi connectivity index (χ2n) is 11.0. The van der Waals surface area contributed by atoms with E-state index in [-0.39, 0.29) is 5.41 Å². The van der Waals surface area contributed by atoms with Crippen molar-refractivity contribution >= 4 is 21.5 Å². The van der Waals surface area contributed by atoms with Crippen LogP contribution in [0.5, 0.6) is 0 Å². The van der Waals surface area contributed by atoms with Gasteiger partial charge in [-0.25, -0.2) is 0 Å². The molecule has 5 aromatic rings. The van der Waals surface area contributed by atoms with Crippen LogP contribution in [0, 0.1) is 12.8 Å². The molecule has 0 aromatic heterocycles. The molecule has 0 saturated carbocycles. The summed E-state index contributed by atoms with van der Waals surface area (Å²) in [5, 5.41) is 5.50. The first-order chi connectivity index (χ1) is 16.9. The lowest BCUT2D eigenvalue weighted by molar-refractivity contribution is 0.550. The van der Waals surface area contributed by atoms with Crippen molar-refractivity contribution in [2.24, 2.45) is 5.92 Å². The van der Waals surface area contributed by atoms with E-state index in [9.17, 15) is 0 Å². The van der Waals surface area contributed by atoms with E-state index in [4.69, 9.17) is 0 Å². The van der Waals surface area contributed by atoms with Gasteiger partial charge in [0.1, 0.15) is 0 Å². The maximum atomic E-state index is 2.46. The van der Waals surface area contributed by atoms with Crippen molar-refractivity contribution < 1.29 is 0 Å². The van der Waals surface area contributed by atoms with Gasteiger partial charge in [0.2, 0.25) is 0 Å². The molecular formula is C35H34. The quantitative estimate of drug-likeness (QED) is 0.237. The van der Waals surface area contributed by atoms with Gasteiger partial charge in [0.15, 0.2) is 0 Å². The van der Waals surface area contributed by atoms with Crippen molar-refractivity contribution in [3.63, 3.8) is 0 Å². The first kappa shape index (κ1) is 22.1. The molecule has 0 heteroatoms. The molecule has 0 amide bonds. The molecule has 174 valence electrons. The first-order valence-electron chi connectivity index (χ1n) is 13.1. The van der Waals surface area contributed by atoms with Crippen LogP contribution in [0.15, 0.2) is 84.9 Å². The predicted molar refractivity (Wildman–Crippen MR) is 152 cm³/mol. The highest BCUT2D eigenvalue weighted by atomic mass is 14.4. The fourth-order valence-electron chi connectivity index (χ4n) is 6.60. The molecule has 6 rings (SSSR count). The van der Waals surface area contributed by atoms with E-state index in [2.05, 4.69) is 120 Å². The zero-order chi connectivity index (χ0) is 24.3. The summed E-state index contributed by atoms with van der Waals surface area (Å²) >= 11 is 0. The van der Waals surface area contributed by atoms with Crippen LogP contribution in [-0.2, 0) is 11.8 Å². The van der Waals surface area contributed by atoms with Crippen molar-refractivity contribution in [1.29, 1.82) is 0 Å².